The molecule has 1 unspecified atom stereocenters. The number of rotatable bonds is 5. The van der Waals surface area contributed by atoms with E-state index in [4.69, 9.17) is 15.2 Å². The van der Waals surface area contributed by atoms with E-state index < -0.39 is 5.92 Å². The minimum atomic E-state index is -0.399. The molecule has 1 aliphatic heterocycles. The number of hydrogen-bond acceptors (Lipinski definition) is 6. The Balaban J connectivity index is 1.47. The monoisotopic (exact) mass is 429 g/mol. The summed E-state index contributed by atoms with van der Waals surface area (Å²) in [7, 11) is 0. The Labute approximate surface area is 185 Å². The number of nitrogens with one attached hydrogen (secondary N) is 2. The maximum atomic E-state index is 12.3. The van der Waals surface area contributed by atoms with Gasteiger partial charge in [-0.25, -0.2) is 0 Å². The number of amides is 1. The number of nitrogens with zero attached hydrogens (tertiary/aromatic N) is 2. The van der Waals surface area contributed by atoms with Crippen molar-refractivity contribution in [1.82, 2.24) is 10.2 Å². The Hall–Kier alpha value is -4.25. The standard InChI is InChI=1S/C24H23N5O3/c1-13-4-9-19(14(2)10-13)27-20(30)12-31-17-7-5-16(6-8-17)22-18(11-25)23(26)32-24-21(22)15(3)28-29-24/h4-10,22H,12,26H2,1-3H3,(H,27,30)(H,28,29). The van der Waals surface area contributed by atoms with E-state index in [2.05, 4.69) is 21.6 Å². The largest absolute Gasteiger partial charge is 0.484 e. The molecule has 0 saturated heterocycles. The summed E-state index contributed by atoms with van der Waals surface area (Å²) in [6, 6.07) is 15.2. The first-order valence-corrected chi connectivity index (χ1v) is 10.1. The third-order valence-electron chi connectivity index (χ3n) is 5.37. The van der Waals surface area contributed by atoms with Crippen molar-refractivity contribution in [3.05, 3.63) is 81.9 Å². The lowest BCUT2D eigenvalue weighted by molar-refractivity contribution is -0.118. The van der Waals surface area contributed by atoms with Gasteiger partial charge in [0.15, 0.2) is 6.61 Å². The molecule has 0 radical (unpaired) electrons. The molecule has 0 fully saturated rings. The number of anilines is 1. The summed E-state index contributed by atoms with van der Waals surface area (Å²) in [4.78, 5) is 12.3. The Bertz CT molecular complexity index is 1250. The summed E-state index contributed by atoms with van der Waals surface area (Å²) in [5.41, 5.74) is 11.6. The van der Waals surface area contributed by atoms with Crippen molar-refractivity contribution in [2.45, 2.75) is 26.7 Å². The molecule has 0 aliphatic carbocycles. The molecule has 4 N–H and O–H groups in total. The Morgan fingerprint density at radius 2 is 2.00 bits per heavy atom. The molecule has 8 heteroatoms. The minimum Gasteiger partial charge on any atom is -0.484 e. The number of H-pyrrole nitrogens is 1. The summed E-state index contributed by atoms with van der Waals surface area (Å²) >= 11 is 0. The smallest absolute Gasteiger partial charge is 0.262 e. The van der Waals surface area contributed by atoms with Crippen LogP contribution in [0.1, 0.15) is 33.9 Å². The van der Waals surface area contributed by atoms with Gasteiger partial charge >= 0.3 is 0 Å². The predicted molar refractivity (Wildman–Crippen MR) is 119 cm³/mol. The molecule has 1 aliphatic rings. The Morgan fingerprint density at radius 3 is 2.69 bits per heavy atom. The first kappa shape index (κ1) is 21.0. The normalized spacial score (nSPS) is 14.9. The third kappa shape index (κ3) is 4.01. The highest BCUT2D eigenvalue weighted by Gasteiger charge is 2.34. The van der Waals surface area contributed by atoms with Crippen molar-refractivity contribution in [3.63, 3.8) is 0 Å². The van der Waals surface area contributed by atoms with Crippen LogP contribution in [0.25, 0.3) is 0 Å². The van der Waals surface area contributed by atoms with Gasteiger partial charge in [0.1, 0.15) is 17.4 Å². The van der Waals surface area contributed by atoms with E-state index in [0.29, 0.717) is 17.2 Å². The molecule has 0 bridgehead atoms. The predicted octanol–water partition coefficient (Wildman–Crippen LogP) is 3.57. The second-order valence-electron chi connectivity index (χ2n) is 7.72. The van der Waals surface area contributed by atoms with Crippen molar-refractivity contribution < 1.29 is 14.3 Å². The summed E-state index contributed by atoms with van der Waals surface area (Å²) in [6.07, 6.45) is 0. The van der Waals surface area contributed by atoms with Gasteiger partial charge in [-0.15, -0.1) is 5.10 Å². The van der Waals surface area contributed by atoms with Crippen LogP contribution < -0.4 is 20.5 Å². The van der Waals surface area contributed by atoms with Crippen molar-refractivity contribution in [1.29, 1.82) is 5.26 Å². The minimum absolute atomic E-state index is 0.0416. The number of nitrogens with two attached hydrogens (primary N) is 1. The molecule has 0 saturated carbocycles. The lowest BCUT2D eigenvalue weighted by Gasteiger charge is -2.23. The quantitative estimate of drug-likeness (QED) is 0.569. The summed E-state index contributed by atoms with van der Waals surface area (Å²) < 4.78 is 11.1. The van der Waals surface area contributed by atoms with E-state index in [1.165, 1.54) is 0 Å². The second kappa shape index (κ2) is 8.47. The number of hydrogen-bond donors (Lipinski definition) is 3. The van der Waals surface area contributed by atoms with Gasteiger partial charge in [0, 0.05) is 16.9 Å². The topological polar surface area (TPSA) is 126 Å². The molecule has 1 atom stereocenters. The van der Waals surface area contributed by atoms with Crippen LogP contribution in [0.15, 0.2) is 53.9 Å². The van der Waals surface area contributed by atoms with Gasteiger partial charge in [-0.1, -0.05) is 29.8 Å². The van der Waals surface area contributed by atoms with Gasteiger partial charge in [-0.2, -0.15) is 5.26 Å². The van der Waals surface area contributed by atoms with Crippen LogP contribution in [0.3, 0.4) is 0 Å². The van der Waals surface area contributed by atoms with Crippen LogP contribution in [0.2, 0.25) is 0 Å². The number of aromatic amines is 1. The fraction of sp³-hybridized carbons (Fsp3) is 0.208. The first-order valence-electron chi connectivity index (χ1n) is 10.1. The van der Waals surface area contributed by atoms with Crippen molar-refractivity contribution in [3.8, 4) is 17.7 Å². The molecular weight excluding hydrogens is 406 g/mol. The molecule has 2 aromatic carbocycles. The summed E-state index contributed by atoms with van der Waals surface area (Å²) in [5, 5.41) is 19.5. The van der Waals surface area contributed by atoms with Crippen LogP contribution in [0.4, 0.5) is 5.69 Å². The molecule has 1 aromatic heterocycles. The summed E-state index contributed by atoms with van der Waals surface area (Å²) in [6.45, 7) is 5.70. The van der Waals surface area contributed by atoms with E-state index in [-0.39, 0.29) is 18.4 Å². The highest BCUT2D eigenvalue weighted by Crippen LogP contribution is 2.42. The van der Waals surface area contributed by atoms with Gasteiger partial charge in [0.2, 0.25) is 11.8 Å². The lowest BCUT2D eigenvalue weighted by Crippen LogP contribution is -2.21. The van der Waals surface area contributed by atoms with Crippen LogP contribution in [0, 0.1) is 32.1 Å². The first-order chi connectivity index (χ1) is 15.4. The van der Waals surface area contributed by atoms with Crippen molar-refractivity contribution >= 4 is 11.6 Å². The second-order valence-corrected chi connectivity index (χ2v) is 7.72. The van der Waals surface area contributed by atoms with Crippen LogP contribution in [0.5, 0.6) is 11.6 Å². The fourth-order valence-corrected chi connectivity index (χ4v) is 3.78. The number of carbonyl (C=O) groups is 1. The Kier molecular flexibility index (Phi) is 5.56. The van der Waals surface area contributed by atoms with E-state index >= 15 is 0 Å². The number of benzene rings is 2. The highest BCUT2D eigenvalue weighted by molar-refractivity contribution is 5.92. The maximum Gasteiger partial charge on any atom is 0.262 e. The van der Waals surface area contributed by atoms with Crippen LogP contribution in [-0.2, 0) is 4.79 Å². The molecular formula is C24H23N5O3. The SMILES string of the molecule is Cc1ccc(NC(=O)COc2ccc(C3C(C#N)=C(N)Oc4n[nH]c(C)c43)cc2)c(C)c1. The van der Waals surface area contributed by atoms with Gasteiger partial charge in [-0.3, -0.25) is 9.89 Å². The molecule has 1 amide bonds. The molecule has 4 rings (SSSR count). The fourth-order valence-electron chi connectivity index (χ4n) is 3.78. The van der Waals surface area contributed by atoms with Crippen molar-refractivity contribution in [2.24, 2.45) is 5.73 Å². The average Bonchev–Trinajstić information content (AvgIpc) is 3.13. The molecule has 32 heavy (non-hydrogen) atoms. The third-order valence-corrected chi connectivity index (χ3v) is 5.37. The zero-order valence-electron chi connectivity index (χ0n) is 18.0. The Morgan fingerprint density at radius 1 is 1.25 bits per heavy atom. The van der Waals surface area contributed by atoms with Gasteiger partial charge in [-0.05, 0) is 50.1 Å². The molecule has 162 valence electrons. The highest BCUT2D eigenvalue weighted by atomic mass is 16.5. The zero-order valence-corrected chi connectivity index (χ0v) is 18.0. The number of carbonyl (C=O) groups excluding carboxylic acids is 1. The number of aryl methyl sites for hydroxylation is 3. The van der Waals surface area contributed by atoms with E-state index in [1.807, 2.05) is 51.1 Å². The number of ether oxygens (including phenoxy) is 2. The van der Waals surface area contributed by atoms with Crippen LogP contribution >= 0.6 is 0 Å². The van der Waals surface area contributed by atoms with E-state index in [9.17, 15) is 10.1 Å². The van der Waals surface area contributed by atoms with E-state index in [0.717, 1.165) is 33.6 Å². The average molecular weight is 429 g/mol. The van der Waals surface area contributed by atoms with Gasteiger partial charge in [0.25, 0.3) is 5.91 Å². The van der Waals surface area contributed by atoms with E-state index in [1.54, 1.807) is 12.1 Å². The van der Waals surface area contributed by atoms with Gasteiger partial charge < -0.3 is 20.5 Å². The van der Waals surface area contributed by atoms with Crippen LogP contribution in [-0.4, -0.2) is 22.7 Å². The van der Waals surface area contributed by atoms with Gasteiger partial charge in [0.05, 0.1) is 5.92 Å². The number of allylic oxidation sites excluding steroid dienone is 1. The molecule has 8 nitrogen and oxygen atoms in total. The zero-order chi connectivity index (χ0) is 22.8. The molecule has 0 spiro atoms. The number of aromatic nitrogens is 2. The maximum absolute atomic E-state index is 12.3. The molecule has 2 heterocycles. The lowest BCUT2D eigenvalue weighted by atomic mass is 9.84. The number of nitriles is 1. The number of fused-ring (bicyclic) bond motifs is 1. The van der Waals surface area contributed by atoms with Crippen molar-refractivity contribution in [2.75, 3.05) is 11.9 Å². The molecule has 3 aromatic rings. The summed E-state index contributed by atoms with van der Waals surface area (Å²) in [5.74, 6) is 0.305.